The number of benzene rings is 1. The molecule has 1 aromatic carbocycles. The third-order valence-electron chi connectivity index (χ3n) is 3.69. The van der Waals surface area contributed by atoms with Crippen LogP contribution in [0, 0.1) is 6.92 Å². The highest BCUT2D eigenvalue weighted by Gasteiger charge is 2.24. The second-order valence-corrected chi connectivity index (χ2v) is 4.95. The molecule has 1 unspecified atom stereocenters. The largest absolute Gasteiger partial charge is 0.497 e. The molecule has 0 radical (unpaired) electrons. The summed E-state index contributed by atoms with van der Waals surface area (Å²) in [5, 5.41) is 3.33. The summed E-state index contributed by atoms with van der Waals surface area (Å²) in [6.07, 6.45) is 3.08. The molecule has 20 heavy (non-hydrogen) atoms. The quantitative estimate of drug-likeness (QED) is 0.934. The highest BCUT2D eigenvalue weighted by molar-refractivity contribution is 5.45. The van der Waals surface area contributed by atoms with Crippen LogP contribution >= 0.6 is 0 Å². The van der Waals surface area contributed by atoms with Crippen LogP contribution in [0.3, 0.4) is 0 Å². The third-order valence-corrected chi connectivity index (χ3v) is 3.69. The Morgan fingerprint density at radius 2 is 2.15 bits per heavy atom. The fourth-order valence-corrected chi connectivity index (χ4v) is 2.74. The lowest BCUT2D eigenvalue weighted by atomic mass is 10.0. The molecule has 1 aliphatic heterocycles. The molecule has 2 aromatic rings. The van der Waals surface area contributed by atoms with Crippen molar-refractivity contribution in [1.82, 2.24) is 9.55 Å². The maximum Gasteiger partial charge on any atom is 0.203 e. The van der Waals surface area contributed by atoms with Gasteiger partial charge in [-0.2, -0.15) is 0 Å². The van der Waals surface area contributed by atoms with E-state index in [9.17, 15) is 0 Å². The average molecular weight is 273 g/mol. The zero-order valence-corrected chi connectivity index (χ0v) is 12.0. The lowest BCUT2D eigenvalue weighted by Crippen LogP contribution is -2.23. The number of aryl methyl sites for hydroxylation is 1. The van der Waals surface area contributed by atoms with Crippen LogP contribution in [0.25, 0.3) is 0 Å². The molecule has 0 saturated carbocycles. The predicted octanol–water partition coefficient (Wildman–Crippen LogP) is 2.61. The van der Waals surface area contributed by atoms with E-state index in [1.165, 1.54) is 0 Å². The van der Waals surface area contributed by atoms with E-state index < -0.39 is 0 Å². The molecule has 1 aliphatic rings. The summed E-state index contributed by atoms with van der Waals surface area (Å²) in [6, 6.07) is 6.23. The molecule has 106 valence electrons. The van der Waals surface area contributed by atoms with Gasteiger partial charge >= 0.3 is 0 Å². The van der Waals surface area contributed by atoms with Gasteiger partial charge in [0.15, 0.2) is 0 Å². The van der Waals surface area contributed by atoms with Crippen LogP contribution in [-0.4, -0.2) is 30.3 Å². The van der Waals surface area contributed by atoms with Crippen LogP contribution in [-0.2, 0) is 0 Å². The number of nitrogens with zero attached hydrogens (tertiary/aromatic N) is 2. The van der Waals surface area contributed by atoms with Gasteiger partial charge in [0.05, 0.1) is 26.0 Å². The Kier molecular flexibility index (Phi) is 3.26. The van der Waals surface area contributed by atoms with Gasteiger partial charge in [-0.15, -0.1) is 0 Å². The number of anilines is 1. The van der Waals surface area contributed by atoms with Crippen molar-refractivity contribution in [3.8, 4) is 11.5 Å². The van der Waals surface area contributed by atoms with Crippen LogP contribution in [0.2, 0.25) is 0 Å². The Labute approximate surface area is 118 Å². The van der Waals surface area contributed by atoms with Gasteiger partial charge in [-0.05, 0) is 25.5 Å². The zero-order valence-electron chi connectivity index (χ0n) is 12.0. The Morgan fingerprint density at radius 3 is 2.90 bits per heavy atom. The smallest absolute Gasteiger partial charge is 0.203 e. The molecule has 5 nitrogen and oxygen atoms in total. The van der Waals surface area contributed by atoms with Gasteiger partial charge in [-0.25, -0.2) is 4.98 Å². The molecule has 0 aliphatic carbocycles. The normalized spacial score (nSPS) is 17.2. The van der Waals surface area contributed by atoms with Crippen molar-refractivity contribution < 1.29 is 9.47 Å². The number of hydrogen-bond acceptors (Lipinski definition) is 4. The molecule has 0 fully saturated rings. The van der Waals surface area contributed by atoms with E-state index in [1.54, 1.807) is 14.2 Å². The van der Waals surface area contributed by atoms with Crippen LogP contribution in [0.15, 0.2) is 24.4 Å². The standard InChI is InChI=1S/C15H19N3O2/c1-10-9-18-13(6-7-16-15(18)17-10)12-5-4-11(19-2)8-14(12)20-3/h4-5,8-9,13H,6-7H2,1-3H3,(H,16,17). The van der Waals surface area contributed by atoms with Crippen molar-refractivity contribution in [2.24, 2.45) is 0 Å². The molecular weight excluding hydrogens is 254 g/mol. The Bertz CT molecular complexity index is 622. The van der Waals surface area contributed by atoms with E-state index >= 15 is 0 Å². The maximum atomic E-state index is 5.53. The minimum atomic E-state index is 0.244. The molecule has 0 amide bonds. The second-order valence-electron chi connectivity index (χ2n) is 4.95. The van der Waals surface area contributed by atoms with E-state index in [1.807, 2.05) is 19.1 Å². The minimum absolute atomic E-state index is 0.244. The number of fused-ring (bicyclic) bond motifs is 1. The Balaban J connectivity index is 2.05. The van der Waals surface area contributed by atoms with Crippen molar-refractivity contribution in [2.45, 2.75) is 19.4 Å². The molecular formula is C15H19N3O2. The highest BCUT2D eigenvalue weighted by atomic mass is 16.5. The van der Waals surface area contributed by atoms with E-state index in [2.05, 4.69) is 27.1 Å². The molecule has 1 aromatic heterocycles. The van der Waals surface area contributed by atoms with Crippen LogP contribution in [0.1, 0.15) is 23.7 Å². The van der Waals surface area contributed by atoms with Crippen molar-refractivity contribution in [3.63, 3.8) is 0 Å². The Hall–Kier alpha value is -2.17. The van der Waals surface area contributed by atoms with Crippen LogP contribution in [0.5, 0.6) is 11.5 Å². The van der Waals surface area contributed by atoms with Gasteiger partial charge in [0, 0.05) is 24.4 Å². The molecule has 0 saturated heterocycles. The van der Waals surface area contributed by atoms with Crippen molar-refractivity contribution in [1.29, 1.82) is 0 Å². The molecule has 1 N–H and O–H groups in total. The minimum Gasteiger partial charge on any atom is -0.497 e. The average Bonchev–Trinajstić information content (AvgIpc) is 2.86. The van der Waals surface area contributed by atoms with Gasteiger partial charge in [-0.3, -0.25) is 0 Å². The summed E-state index contributed by atoms with van der Waals surface area (Å²) in [5.41, 5.74) is 2.18. The van der Waals surface area contributed by atoms with Crippen LogP contribution < -0.4 is 14.8 Å². The number of rotatable bonds is 3. The molecule has 5 heteroatoms. The first-order chi connectivity index (χ1) is 9.72. The summed E-state index contributed by atoms with van der Waals surface area (Å²) < 4.78 is 13.0. The topological polar surface area (TPSA) is 48.3 Å². The molecule has 0 spiro atoms. The van der Waals surface area contributed by atoms with Gasteiger partial charge in [0.2, 0.25) is 5.95 Å². The fourth-order valence-electron chi connectivity index (χ4n) is 2.74. The van der Waals surface area contributed by atoms with E-state index in [0.29, 0.717) is 0 Å². The first-order valence-electron chi connectivity index (χ1n) is 6.74. The second kappa shape index (κ2) is 5.07. The molecule has 0 bridgehead atoms. The highest BCUT2D eigenvalue weighted by Crippen LogP contribution is 2.36. The summed E-state index contributed by atoms with van der Waals surface area (Å²) in [7, 11) is 3.36. The molecule has 1 atom stereocenters. The SMILES string of the molecule is COc1ccc(C2CCNc3nc(C)cn32)c(OC)c1. The van der Waals surface area contributed by atoms with Crippen molar-refractivity contribution >= 4 is 5.95 Å². The van der Waals surface area contributed by atoms with Gasteiger partial charge < -0.3 is 19.4 Å². The van der Waals surface area contributed by atoms with E-state index in [4.69, 9.17) is 9.47 Å². The zero-order chi connectivity index (χ0) is 14.1. The molecule has 2 heterocycles. The number of hydrogen-bond donors (Lipinski definition) is 1. The predicted molar refractivity (Wildman–Crippen MR) is 77.8 cm³/mol. The fraction of sp³-hybridized carbons (Fsp3) is 0.400. The van der Waals surface area contributed by atoms with Crippen molar-refractivity contribution in [2.75, 3.05) is 26.1 Å². The number of aromatic nitrogens is 2. The van der Waals surface area contributed by atoms with Gasteiger partial charge in [0.1, 0.15) is 11.5 Å². The van der Waals surface area contributed by atoms with Gasteiger partial charge in [-0.1, -0.05) is 0 Å². The molecule has 3 rings (SSSR count). The summed E-state index contributed by atoms with van der Waals surface area (Å²) in [6.45, 7) is 2.92. The first kappa shape index (κ1) is 12.8. The number of ether oxygens (including phenoxy) is 2. The van der Waals surface area contributed by atoms with Gasteiger partial charge in [0.25, 0.3) is 0 Å². The van der Waals surface area contributed by atoms with E-state index in [0.717, 1.165) is 41.7 Å². The van der Waals surface area contributed by atoms with Crippen LogP contribution in [0.4, 0.5) is 5.95 Å². The number of nitrogens with one attached hydrogen (secondary N) is 1. The summed E-state index contributed by atoms with van der Waals surface area (Å²) in [4.78, 5) is 4.50. The lowest BCUT2D eigenvalue weighted by molar-refractivity contribution is 0.383. The number of imidazole rings is 1. The number of methoxy groups -OCH3 is 2. The summed E-state index contributed by atoms with van der Waals surface area (Å²) >= 11 is 0. The third kappa shape index (κ3) is 2.09. The lowest BCUT2D eigenvalue weighted by Gasteiger charge is -2.27. The monoisotopic (exact) mass is 273 g/mol. The maximum absolute atomic E-state index is 5.53. The Morgan fingerprint density at radius 1 is 1.30 bits per heavy atom. The summed E-state index contributed by atoms with van der Waals surface area (Å²) in [5.74, 6) is 2.59. The van der Waals surface area contributed by atoms with Crippen molar-refractivity contribution in [3.05, 3.63) is 35.7 Å². The van der Waals surface area contributed by atoms with E-state index in [-0.39, 0.29) is 6.04 Å². The first-order valence-corrected chi connectivity index (χ1v) is 6.74.